The second kappa shape index (κ2) is 9.44. The minimum Gasteiger partial charge on any atom is -0.444 e. The molecule has 0 saturated carbocycles. The number of ether oxygens (including phenoxy) is 1. The number of anilines is 1. The van der Waals surface area contributed by atoms with Crippen LogP contribution in [0.2, 0.25) is 0 Å². The molecule has 2 unspecified atom stereocenters. The molecule has 2 aromatic heterocycles. The second-order valence-corrected chi connectivity index (χ2v) is 9.70. The van der Waals surface area contributed by atoms with Crippen molar-refractivity contribution in [1.82, 2.24) is 19.5 Å². The Balaban J connectivity index is 1.54. The molecule has 3 aromatic rings. The lowest BCUT2D eigenvalue weighted by molar-refractivity contribution is -0.137. The largest absolute Gasteiger partial charge is 0.444 e. The van der Waals surface area contributed by atoms with Crippen molar-refractivity contribution in [3.63, 3.8) is 0 Å². The molecule has 36 heavy (non-hydrogen) atoms. The van der Waals surface area contributed by atoms with Crippen LogP contribution in [0.15, 0.2) is 49.2 Å². The van der Waals surface area contributed by atoms with E-state index in [-0.39, 0.29) is 35.2 Å². The quantitative estimate of drug-likeness (QED) is 0.352. The van der Waals surface area contributed by atoms with E-state index in [9.17, 15) is 22.4 Å². The van der Waals surface area contributed by atoms with Gasteiger partial charge in [0.2, 0.25) is 5.95 Å². The van der Waals surface area contributed by atoms with E-state index < -0.39 is 23.2 Å². The van der Waals surface area contributed by atoms with E-state index in [1.54, 1.807) is 29.3 Å². The number of rotatable bonds is 5. The third-order valence-electron chi connectivity index (χ3n) is 5.88. The Bertz CT molecular complexity index is 1280. The average Bonchev–Trinajstić information content (AvgIpc) is 3.42. The van der Waals surface area contributed by atoms with Gasteiger partial charge in [-0.15, -0.1) is 11.7 Å². The summed E-state index contributed by atoms with van der Waals surface area (Å²) in [7, 11) is 0. The standard InChI is InChI=1S/C25H27F4N5O2/c1-5-20(15-10-12-33(14-15)23(35)36-24(2,3)4)30-22-31-21-18(7-6-11-34(21)32-22)17-9-8-16(13-19(17)26)25(27,28)29/h5-9,11,13,15,20H,1,10,12,14H2,2-4H3,(H,30,32). The Hall–Kier alpha value is -3.63. The van der Waals surface area contributed by atoms with Crippen LogP contribution in [-0.2, 0) is 10.9 Å². The van der Waals surface area contributed by atoms with Gasteiger partial charge in [0.1, 0.15) is 11.4 Å². The van der Waals surface area contributed by atoms with Crippen molar-refractivity contribution in [3.8, 4) is 11.1 Å². The number of nitrogens with zero attached hydrogens (tertiary/aromatic N) is 4. The molecule has 0 radical (unpaired) electrons. The first-order valence-corrected chi connectivity index (χ1v) is 11.5. The minimum atomic E-state index is -4.64. The highest BCUT2D eigenvalue weighted by molar-refractivity contribution is 5.78. The average molecular weight is 506 g/mol. The predicted octanol–water partition coefficient (Wildman–Crippen LogP) is 5.78. The molecule has 7 nitrogen and oxygen atoms in total. The van der Waals surface area contributed by atoms with Crippen LogP contribution < -0.4 is 5.32 Å². The molecular weight excluding hydrogens is 478 g/mol. The first-order valence-electron chi connectivity index (χ1n) is 11.5. The minimum absolute atomic E-state index is 0.0170. The number of fused-ring (bicyclic) bond motifs is 1. The Morgan fingerprint density at radius 3 is 2.64 bits per heavy atom. The number of likely N-dealkylation sites (tertiary alicyclic amines) is 1. The second-order valence-electron chi connectivity index (χ2n) is 9.70. The summed E-state index contributed by atoms with van der Waals surface area (Å²) in [6, 6.07) is 5.31. The highest BCUT2D eigenvalue weighted by Crippen LogP contribution is 2.34. The fraction of sp³-hybridized carbons (Fsp3) is 0.400. The topological polar surface area (TPSA) is 71.8 Å². The molecule has 11 heteroatoms. The molecule has 0 spiro atoms. The number of alkyl halides is 3. The Labute approximate surface area is 205 Å². The molecule has 1 aliphatic heterocycles. The van der Waals surface area contributed by atoms with E-state index in [0.717, 1.165) is 18.6 Å². The van der Waals surface area contributed by atoms with Crippen molar-refractivity contribution >= 4 is 17.7 Å². The van der Waals surface area contributed by atoms with E-state index in [0.29, 0.717) is 24.7 Å². The van der Waals surface area contributed by atoms with Crippen LogP contribution in [0.4, 0.5) is 28.3 Å². The third-order valence-corrected chi connectivity index (χ3v) is 5.88. The molecule has 4 rings (SSSR count). The molecule has 1 saturated heterocycles. The third kappa shape index (κ3) is 5.44. The van der Waals surface area contributed by atoms with Crippen LogP contribution in [0.5, 0.6) is 0 Å². The van der Waals surface area contributed by atoms with E-state index in [2.05, 4.69) is 22.0 Å². The molecule has 2 atom stereocenters. The van der Waals surface area contributed by atoms with Gasteiger partial charge in [-0.05, 0) is 51.5 Å². The van der Waals surface area contributed by atoms with Gasteiger partial charge >= 0.3 is 12.3 Å². The predicted molar refractivity (Wildman–Crippen MR) is 127 cm³/mol. The van der Waals surface area contributed by atoms with Gasteiger partial charge < -0.3 is 15.0 Å². The normalized spacial score (nSPS) is 17.3. The van der Waals surface area contributed by atoms with Gasteiger partial charge in [-0.25, -0.2) is 13.7 Å². The lowest BCUT2D eigenvalue weighted by Gasteiger charge is -2.25. The number of halogens is 4. The number of pyridine rings is 1. The van der Waals surface area contributed by atoms with E-state index in [1.807, 2.05) is 20.8 Å². The van der Waals surface area contributed by atoms with Crippen molar-refractivity contribution in [2.24, 2.45) is 5.92 Å². The Kier molecular flexibility index (Phi) is 6.68. The van der Waals surface area contributed by atoms with Gasteiger partial charge in [0.15, 0.2) is 5.65 Å². The lowest BCUT2D eigenvalue weighted by Crippen LogP contribution is -2.37. The summed E-state index contributed by atoms with van der Waals surface area (Å²) >= 11 is 0. The summed E-state index contributed by atoms with van der Waals surface area (Å²) in [6.07, 6.45) is -0.969. The maximum atomic E-state index is 14.6. The molecule has 0 bridgehead atoms. The van der Waals surface area contributed by atoms with Crippen LogP contribution in [0.25, 0.3) is 16.8 Å². The van der Waals surface area contributed by atoms with Gasteiger partial charge in [0.05, 0.1) is 11.6 Å². The number of hydrogen-bond donors (Lipinski definition) is 1. The number of carbonyl (C=O) groups excluding carboxylic acids is 1. The highest BCUT2D eigenvalue weighted by Gasteiger charge is 2.34. The molecule has 1 amide bonds. The van der Waals surface area contributed by atoms with Crippen LogP contribution in [0.3, 0.4) is 0 Å². The summed E-state index contributed by atoms with van der Waals surface area (Å²) in [6.45, 7) is 10.3. The van der Waals surface area contributed by atoms with Gasteiger partial charge in [-0.1, -0.05) is 12.1 Å². The number of aromatic nitrogens is 3. The van der Waals surface area contributed by atoms with Crippen LogP contribution in [0.1, 0.15) is 32.8 Å². The number of benzene rings is 1. The Morgan fingerprint density at radius 2 is 2.00 bits per heavy atom. The zero-order chi connectivity index (χ0) is 26.3. The molecule has 1 fully saturated rings. The fourth-order valence-corrected chi connectivity index (χ4v) is 4.18. The van der Waals surface area contributed by atoms with Gasteiger partial charge in [-0.2, -0.15) is 18.2 Å². The van der Waals surface area contributed by atoms with Crippen molar-refractivity contribution in [2.75, 3.05) is 18.4 Å². The zero-order valence-electron chi connectivity index (χ0n) is 20.1. The molecule has 3 heterocycles. The zero-order valence-corrected chi connectivity index (χ0v) is 20.1. The smallest absolute Gasteiger partial charge is 0.416 e. The van der Waals surface area contributed by atoms with Gasteiger partial charge in [0, 0.05) is 36.3 Å². The molecular formula is C25H27F4N5O2. The first kappa shape index (κ1) is 25.5. The van der Waals surface area contributed by atoms with Crippen LogP contribution in [0, 0.1) is 11.7 Å². The first-order chi connectivity index (χ1) is 16.9. The molecule has 1 aliphatic rings. The molecule has 0 aliphatic carbocycles. The maximum Gasteiger partial charge on any atom is 0.416 e. The van der Waals surface area contributed by atoms with Crippen molar-refractivity contribution in [1.29, 1.82) is 0 Å². The van der Waals surface area contributed by atoms with Crippen molar-refractivity contribution < 1.29 is 27.1 Å². The van der Waals surface area contributed by atoms with Gasteiger partial charge in [0.25, 0.3) is 0 Å². The maximum absolute atomic E-state index is 14.6. The van der Waals surface area contributed by atoms with Gasteiger partial charge in [-0.3, -0.25) is 0 Å². The van der Waals surface area contributed by atoms with Crippen LogP contribution in [-0.4, -0.2) is 50.3 Å². The van der Waals surface area contributed by atoms with E-state index in [4.69, 9.17) is 4.74 Å². The highest BCUT2D eigenvalue weighted by atomic mass is 19.4. The van der Waals surface area contributed by atoms with Crippen molar-refractivity contribution in [3.05, 3.63) is 60.6 Å². The van der Waals surface area contributed by atoms with E-state index in [1.165, 1.54) is 4.52 Å². The van der Waals surface area contributed by atoms with Crippen molar-refractivity contribution in [2.45, 2.75) is 45.0 Å². The number of amides is 1. The number of hydrogen-bond acceptors (Lipinski definition) is 5. The van der Waals surface area contributed by atoms with Crippen LogP contribution >= 0.6 is 0 Å². The summed E-state index contributed by atoms with van der Waals surface area (Å²) in [5.74, 6) is -0.726. The molecule has 192 valence electrons. The fourth-order valence-electron chi connectivity index (χ4n) is 4.18. The number of carbonyl (C=O) groups is 1. The SMILES string of the molecule is C=CC(Nc1nc2c(-c3ccc(C(F)(F)F)cc3F)cccn2n1)C1CCN(C(=O)OC(C)(C)C)C1. The monoisotopic (exact) mass is 505 g/mol. The van der Waals surface area contributed by atoms with E-state index >= 15 is 0 Å². The summed E-state index contributed by atoms with van der Waals surface area (Å²) in [4.78, 5) is 18.5. The summed E-state index contributed by atoms with van der Waals surface area (Å²) in [5, 5.41) is 7.59. The molecule has 1 aromatic carbocycles. The lowest BCUT2D eigenvalue weighted by atomic mass is 9.99. The summed E-state index contributed by atoms with van der Waals surface area (Å²) < 4.78 is 60.4. The Morgan fingerprint density at radius 1 is 1.25 bits per heavy atom. The number of nitrogens with one attached hydrogen (secondary N) is 1. The summed E-state index contributed by atoms with van der Waals surface area (Å²) in [5.41, 5.74) is -1.09. The molecule has 1 N–H and O–H groups in total.